The van der Waals surface area contributed by atoms with Gasteiger partial charge in [-0.25, -0.2) is 0 Å². The summed E-state index contributed by atoms with van der Waals surface area (Å²) in [6.07, 6.45) is -2.55. The molecule has 4 rings (SSSR count). The number of hydrogen-bond donors (Lipinski definition) is 3. The van der Waals surface area contributed by atoms with E-state index in [0.29, 0.717) is 10.2 Å². The monoisotopic (exact) mass is 802 g/mol. The summed E-state index contributed by atoms with van der Waals surface area (Å²) in [6, 6.07) is 14.2. The Morgan fingerprint density at radius 1 is 1.20 bits per heavy atom. The average Bonchev–Trinajstić information content (AvgIpc) is 3.53. The quantitative estimate of drug-likeness (QED) is 0.112. The van der Waals surface area contributed by atoms with E-state index in [4.69, 9.17) is 14.2 Å². The van der Waals surface area contributed by atoms with Gasteiger partial charge in [0.05, 0.1) is 0 Å². The van der Waals surface area contributed by atoms with Crippen LogP contribution in [0.2, 0.25) is 0 Å². The number of aliphatic hydroxyl groups is 2. The van der Waals surface area contributed by atoms with Gasteiger partial charge in [0.1, 0.15) is 0 Å². The second-order valence-electron chi connectivity index (χ2n) is 10.0. The summed E-state index contributed by atoms with van der Waals surface area (Å²) >= 11 is -1.26. The first-order valence-corrected chi connectivity index (χ1v) is 19.5. The first-order valence-electron chi connectivity index (χ1n) is 12.9. The number of rotatable bonds is 12. The van der Waals surface area contributed by atoms with E-state index in [2.05, 4.69) is 5.32 Å². The van der Waals surface area contributed by atoms with Crippen molar-refractivity contribution in [2.24, 2.45) is 5.92 Å². The average molecular weight is 802 g/mol. The molecule has 0 bridgehead atoms. The van der Waals surface area contributed by atoms with Crippen LogP contribution in [-0.4, -0.2) is 79.8 Å². The molecular weight excluding hydrogens is 766 g/mol. The van der Waals surface area contributed by atoms with Crippen molar-refractivity contribution < 1.29 is 80.0 Å². The minimum atomic E-state index is -4.00. The first kappa shape index (κ1) is 31.8. The predicted octanol–water partition coefficient (Wildman–Crippen LogP) is -4.32. The Morgan fingerprint density at radius 2 is 1.95 bits per heavy atom. The molecule has 2 aliphatic heterocycles. The van der Waals surface area contributed by atoms with E-state index >= 15 is 0 Å². The van der Waals surface area contributed by atoms with Gasteiger partial charge in [0.15, 0.2) is 0 Å². The molecule has 1 amide bonds. The molecule has 2 aromatic rings. The van der Waals surface area contributed by atoms with Crippen molar-refractivity contribution in [3.05, 3.63) is 63.2 Å². The van der Waals surface area contributed by atoms with E-state index in [1.807, 2.05) is 44.2 Å². The molecule has 40 heavy (non-hydrogen) atoms. The van der Waals surface area contributed by atoms with Crippen LogP contribution in [0.3, 0.4) is 0 Å². The molecule has 2 fully saturated rings. The summed E-state index contributed by atoms with van der Waals surface area (Å²) in [7, 11) is -4.00. The molecule has 0 spiro atoms. The Kier molecular flexibility index (Phi) is 11.5. The summed E-state index contributed by atoms with van der Waals surface area (Å²) in [5.74, 6) is -0.0165. The molecule has 2 saturated heterocycles. The van der Waals surface area contributed by atoms with Crippen LogP contribution in [0.5, 0.6) is 0 Å². The van der Waals surface area contributed by atoms with Gasteiger partial charge in [-0.3, -0.25) is 0 Å². The number of ether oxygens (including phenoxy) is 3. The molecule has 0 unspecified atom stereocenters. The fourth-order valence-corrected chi connectivity index (χ4v) is 11.4. The number of aryl methyl sites for hydroxylation is 1. The summed E-state index contributed by atoms with van der Waals surface area (Å²) in [5, 5.41) is 24.0. The molecule has 10 nitrogen and oxygen atoms in total. The fraction of sp³-hybridized carbons (Fsp3) is 0.519. The van der Waals surface area contributed by atoms with Crippen molar-refractivity contribution >= 4 is 16.1 Å². The third kappa shape index (κ3) is 8.05. The number of carbonyl (C=O) groups excluding carboxylic acids is 1. The van der Waals surface area contributed by atoms with Crippen LogP contribution in [0.25, 0.3) is 0 Å². The van der Waals surface area contributed by atoms with Crippen LogP contribution in [0.15, 0.2) is 53.4 Å². The number of hydrogen-bond acceptors (Lipinski definition) is 8. The predicted molar refractivity (Wildman–Crippen MR) is 139 cm³/mol. The molecule has 2 aliphatic rings. The molecule has 0 saturated carbocycles. The van der Waals surface area contributed by atoms with Crippen LogP contribution in [0.4, 0.5) is 4.79 Å². The third-order valence-electron chi connectivity index (χ3n) is 6.43. The van der Waals surface area contributed by atoms with Crippen molar-refractivity contribution in [3.63, 3.8) is 0 Å². The van der Waals surface area contributed by atoms with Crippen molar-refractivity contribution in [1.29, 1.82) is 0 Å². The second-order valence-corrected chi connectivity index (χ2v) is 18.1. The number of carbonyl (C=O) groups is 1. The van der Waals surface area contributed by atoms with E-state index in [0.717, 1.165) is 9.13 Å². The van der Waals surface area contributed by atoms with Crippen molar-refractivity contribution in [2.75, 3.05) is 24.3 Å². The number of sulfonamides is 1. The van der Waals surface area contributed by atoms with Gasteiger partial charge in [-0.15, -0.1) is 0 Å². The van der Waals surface area contributed by atoms with Crippen LogP contribution in [0.1, 0.15) is 25.0 Å². The zero-order valence-corrected chi connectivity index (χ0v) is 27.7. The zero-order valence-electron chi connectivity index (χ0n) is 22.6. The molecule has 0 radical (unpaired) electrons. The van der Waals surface area contributed by atoms with Gasteiger partial charge < -0.3 is 0 Å². The van der Waals surface area contributed by atoms with Gasteiger partial charge in [-0.2, -0.15) is 0 Å². The molecular formula is C27H36I2N2O8S-2. The van der Waals surface area contributed by atoms with Gasteiger partial charge in [0.25, 0.3) is 0 Å². The van der Waals surface area contributed by atoms with Gasteiger partial charge in [0, 0.05) is 0 Å². The second kappa shape index (κ2) is 14.4. The maximum absolute atomic E-state index is 13.7. The molecule has 2 heterocycles. The molecule has 224 valence electrons. The van der Waals surface area contributed by atoms with Gasteiger partial charge in [-0.1, -0.05) is 0 Å². The van der Waals surface area contributed by atoms with Crippen LogP contribution in [0, 0.1) is 16.4 Å². The van der Waals surface area contributed by atoms with E-state index in [9.17, 15) is 23.4 Å². The van der Waals surface area contributed by atoms with E-state index in [1.54, 1.807) is 13.0 Å². The number of nitrogens with zero attached hydrogens (tertiary/aromatic N) is 1. The number of aliphatic hydroxyl groups excluding tert-OH is 2. The molecule has 0 aromatic heterocycles. The summed E-state index contributed by atoms with van der Waals surface area (Å²) in [5.41, 5.74) is 1.31. The number of alkyl carbamates (subject to hydrolysis) is 1. The van der Waals surface area contributed by atoms with Crippen LogP contribution < -0.4 is 47.7 Å². The standard InChI is InChI=1S/C27H36I2N2O8S/c1-17(2)12-31(40(35,36)21-10-9-18(3)19(11-21)14-32)13-22(33)25(29-20-7-5-4-6-8-20)30-27(34)39-23-15-37-26-24(23)28-16-38-26/h4-11,17,22-26,32-33H,12-16H2,1-3H3,(H,30,34)/q-2/t22-,23+,24+,25-,26+/m1/s1. The van der Waals surface area contributed by atoms with Crippen molar-refractivity contribution in [1.82, 2.24) is 9.62 Å². The van der Waals surface area contributed by atoms with E-state index < -0.39 is 53.6 Å². The summed E-state index contributed by atoms with van der Waals surface area (Å²) in [6.45, 7) is 5.57. The maximum atomic E-state index is 13.7. The third-order valence-corrected chi connectivity index (χ3v) is 14.6. The number of nitrogens with one attached hydrogen (secondary N) is 1. The summed E-state index contributed by atoms with van der Waals surface area (Å²) in [4.78, 5) is 13.1. The Balaban J connectivity index is 1.53. The molecule has 0 aliphatic carbocycles. The Labute approximate surface area is 256 Å². The Bertz CT molecular complexity index is 1250. The van der Waals surface area contributed by atoms with Crippen molar-refractivity contribution in [2.45, 2.75) is 58.7 Å². The number of amides is 1. The van der Waals surface area contributed by atoms with Crippen LogP contribution >= 0.6 is 0 Å². The van der Waals surface area contributed by atoms with Gasteiger partial charge in [-0.05, 0) is 0 Å². The number of halogens is 2. The van der Waals surface area contributed by atoms with Crippen molar-refractivity contribution in [3.8, 4) is 0 Å². The molecule has 5 atom stereocenters. The van der Waals surface area contributed by atoms with Gasteiger partial charge in [0.2, 0.25) is 0 Å². The zero-order chi connectivity index (χ0) is 28.9. The SMILES string of the molecule is Cc1ccc(S(=O)(=O)N(CC(C)C)C[C@@H](O)[C@@H](NC(=O)O[C@H]2CO[C@H]3OC[I-][C@H]32)[I-]c2ccccc2)cc1CO. The van der Waals surface area contributed by atoms with E-state index in [1.165, 1.54) is 16.4 Å². The molecule has 3 N–H and O–H groups in total. The number of alkyl halides is 3. The molecule has 13 heteroatoms. The molecule has 2 aromatic carbocycles. The first-order chi connectivity index (χ1) is 19.1. The number of fused-ring (bicyclic) bond motifs is 1. The van der Waals surface area contributed by atoms with Crippen LogP contribution in [-0.2, 0) is 30.8 Å². The normalized spacial score (nSPS) is 22.6. The van der Waals surface area contributed by atoms with E-state index in [-0.39, 0.29) is 68.5 Å². The Hall–Kier alpha value is -1.08. The topological polar surface area (TPSA) is 135 Å². The summed E-state index contributed by atoms with van der Waals surface area (Å²) < 4.78 is 46.6. The van der Waals surface area contributed by atoms with Gasteiger partial charge >= 0.3 is 258 Å². The Morgan fingerprint density at radius 3 is 2.65 bits per heavy atom. The number of benzene rings is 2. The fourth-order valence-electron chi connectivity index (χ4n) is 4.34. The minimum absolute atomic E-state index is 0.0165.